The predicted octanol–water partition coefficient (Wildman–Crippen LogP) is 2.36. The van der Waals surface area contributed by atoms with E-state index in [9.17, 15) is 4.79 Å². The van der Waals surface area contributed by atoms with Crippen LogP contribution in [0.4, 0.5) is 0 Å². The zero-order chi connectivity index (χ0) is 9.84. The minimum atomic E-state index is -0.276. The molecule has 0 bridgehead atoms. The molecule has 1 aromatic rings. The number of nitrogens with zero attached hydrogens (tertiary/aromatic N) is 1. The van der Waals surface area contributed by atoms with Gasteiger partial charge in [0.25, 0.3) is 0 Å². The van der Waals surface area contributed by atoms with Gasteiger partial charge in [-0.3, -0.25) is 4.79 Å². The Kier molecular flexibility index (Phi) is 3.25. The molecule has 1 heterocycles. The summed E-state index contributed by atoms with van der Waals surface area (Å²) in [6.45, 7) is 3.52. The molecule has 3 nitrogen and oxygen atoms in total. The molecule has 0 saturated carbocycles. The topological polar surface area (TPSA) is 39.2 Å². The number of aryl methyl sites for hydroxylation is 1. The Morgan fingerprint density at radius 1 is 1.62 bits per heavy atom. The molecule has 13 heavy (non-hydrogen) atoms. The maximum Gasteiger partial charge on any atom is 0.310 e. The van der Waals surface area contributed by atoms with E-state index in [1.807, 2.05) is 0 Å². The van der Waals surface area contributed by atoms with Gasteiger partial charge in [-0.15, -0.1) is 0 Å². The van der Waals surface area contributed by atoms with E-state index in [1.54, 1.807) is 19.9 Å². The van der Waals surface area contributed by atoms with Crippen LogP contribution in [-0.2, 0) is 4.79 Å². The van der Waals surface area contributed by atoms with E-state index < -0.39 is 0 Å². The molecule has 0 unspecified atom stereocenters. The van der Waals surface area contributed by atoms with Gasteiger partial charge in [0.05, 0.1) is 0 Å². The summed E-state index contributed by atoms with van der Waals surface area (Å²) in [5.41, 5.74) is 0.728. The molecule has 0 aliphatic heterocycles. The number of halogens is 1. The smallest absolute Gasteiger partial charge is 0.310 e. The molecule has 0 atom stereocenters. The van der Waals surface area contributed by atoms with Crippen LogP contribution < -0.4 is 4.74 Å². The van der Waals surface area contributed by atoms with Crippen LogP contribution in [0.1, 0.15) is 19.0 Å². The number of hydrogen-bond donors (Lipinski definition) is 0. The Morgan fingerprint density at radius 3 is 2.85 bits per heavy atom. The molecule has 70 valence electrons. The van der Waals surface area contributed by atoms with E-state index in [1.165, 1.54) is 6.07 Å². The van der Waals surface area contributed by atoms with Gasteiger partial charge in [-0.25, -0.2) is 4.98 Å². The number of pyridine rings is 1. The molecule has 4 heteroatoms. The fraction of sp³-hybridized carbons (Fsp3) is 0.333. The van der Waals surface area contributed by atoms with Gasteiger partial charge >= 0.3 is 5.97 Å². The van der Waals surface area contributed by atoms with E-state index in [-0.39, 0.29) is 5.97 Å². The van der Waals surface area contributed by atoms with Crippen molar-refractivity contribution in [3.05, 3.63) is 23.0 Å². The molecule has 0 aromatic carbocycles. The molecule has 0 fully saturated rings. The van der Waals surface area contributed by atoms with Crippen molar-refractivity contribution in [2.45, 2.75) is 20.3 Å². The van der Waals surface area contributed by atoms with Crippen LogP contribution in [0.25, 0.3) is 0 Å². The summed E-state index contributed by atoms with van der Waals surface area (Å²) in [5, 5.41) is 0.332. The van der Waals surface area contributed by atoms with Gasteiger partial charge in [0.15, 0.2) is 0 Å². The lowest BCUT2D eigenvalue weighted by molar-refractivity contribution is -0.134. The van der Waals surface area contributed by atoms with Crippen molar-refractivity contribution in [1.82, 2.24) is 4.98 Å². The number of hydrogen-bond acceptors (Lipinski definition) is 3. The summed E-state index contributed by atoms with van der Waals surface area (Å²) >= 11 is 5.67. The first-order chi connectivity index (χ1) is 6.11. The molecular weight excluding hydrogens is 190 g/mol. The van der Waals surface area contributed by atoms with E-state index >= 15 is 0 Å². The second kappa shape index (κ2) is 4.23. The molecule has 0 aliphatic rings. The highest BCUT2D eigenvalue weighted by atomic mass is 35.5. The fourth-order valence-corrected chi connectivity index (χ4v) is 1.10. The van der Waals surface area contributed by atoms with Gasteiger partial charge in [0, 0.05) is 24.2 Å². The van der Waals surface area contributed by atoms with Gasteiger partial charge < -0.3 is 4.74 Å². The Labute approximate surface area is 81.7 Å². The molecule has 0 N–H and O–H groups in total. The highest BCUT2D eigenvalue weighted by Crippen LogP contribution is 2.17. The normalized spacial score (nSPS) is 9.77. The van der Waals surface area contributed by atoms with Crippen molar-refractivity contribution >= 4 is 17.6 Å². The van der Waals surface area contributed by atoms with Crippen molar-refractivity contribution in [3.63, 3.8) is 0 Å². The van der Waals surface area contributed by atoms with E-state index in [4.69, 9.17) is 16.3 Å². The zero-order valence-corrected chi connectivity index (χ0v) is 8.26. The number of carbonyl (C=O) groups excluding carboxylic acids is 1. The van der Waals surface area contributed by atoms with Crippen molar-refractivity contribution in [2.24, 2.45) is 0 Å². The third-order valence-corrected chi connectivity index (χ3v) is 1.61. The quantitative estimate of drug-likeness (QED) is 0.542. The summed E-state index contributed by atoms with van der Waals surface area (Å²) < 4.78 is 4.96. The van der Waals surface area contributed by atoms with Crippen LogP contribution in [0.15, 0.2) is 12.1 Å². The minimum absolute atomic E-state index is 0.276. The van der Waals surface area contributed by atoms with Crippen LogP contribution in [-0.4, -0.2) is 11.0 Å². The Hall–Kier alpha value is -1.09. The summed E-state index contributed by atoms with van der Waals surface area (Å²) in [6.07, 6.45) is 0.346. The third-order valence-electron chi connectivity index (χ3n) is 1.42. The molecular formula is C9H10ClNO2. The van der Waals surface area contributed by atoms with Gasteiger partial charge in [-0.2, -0.15) is 0 Å². The van der Waals surface area contributed by atoms with Crippen molar-refractivity contribution < 1.29 is 9.53 Å². The molecule has 1 aromatic heterocycles. The molecule has 0 spiro atoms. The molecule has 1 rings (SSSR count). The van der Waals surface area contributed by atoms with Crippen LogP contribution in [0, 0.1) is 6.92 Å². The number of esters is 1. The maximum atomic E-state index is 10.9. The van der Waals surface area contributed by atoms with Crippen molar-refractivity contribution in [2.75, 3.05) is 0 Å². The van der Waals surface area contributed by atoms with Crippen molar-refractivity contribution in [1.29, 1.82) is 0 Å². The lowest BCUT2D eigenvalue weighted by atomic mass is 10.3. The highest BCUT2D eigenvalue weighted by molar-refractivity contribution is 6.29. The maximum absolute atomic E-state index is 10.9. The van der Waals surface area contributed by atoms with E-state index in [0.717, 1.165) is 5.69 Å². The Bertz CT molecular complexity index is 305. The number of aromatic nitrogens is 1. The molecule has 0 amide bonds. The van der Waals surface area contributed by atoms with Crippen LogP contribution >= 0.6 is 11.6 Å². The Balaban J connectivity index is 2.83. The van der Waals surface area contributed by atoms with Crippen LogP contribution in [0.3, 0.4) is 0 Å². The average Bonchev–Trinajstić information content (AvgIpc) is 2.02. The number of carbonyl (C=O) groups is 1. The van der Waals surface area contributed by atoms with Gasteiger partial charge in [-0.05, 0) is 6.92 Å². The lowest BCUT2D eigenvalue weighted by Crippen LogP contribution is -2.05. The van der Waals surface area contributed by atoms with E-state index in [0.29, 0.717) is 17.3 Å². The predicted molar refractivity (Wildman–Crippen MR) is 49.9 cm³/mol. The number of ether oxygens (including phenoxy) is 1. The van der Waals surface area contributed by atoms with Gasteiger partial charge in [0.1, 0.15) is 10.9 Å². The molecule has 0 aliphatic carbocycles. The first-order valence-corrected chi connectivity index (χ1v) is 4.34. The molecule has 0 radical (unpaired) electrons. The summed E-state index contributed by atoms with van der Waals surface area (Å²) in [7, 11) is 0. The lowest BCUT2D eigenvalue weighted by Gasteiger charge is -2.03. The summed E-state index contributed by atoms with van der Waals surface area (Å²) in [5.74, 6) is 0.172. The SMILES string of the molecule is CCC(=O)Oc1cc(C)nc(Cl)c1. The Morgan fingerprint density at radius 2 is 2.31 bits per heavy atom. The zero-order valence-electron chi connectivity index (χ0n) is 7.50. The highest BCUT2D eigenvalue weighted by Gasteiger charge is 2.03. The van der Waals surface area contributed by atoms with Gasteiger partial charge in [-0.1, -0.05) is 18.5 Å². The standard InChI is InChI=1S/C9H10ClNO2/c1-3-9(12)13-7-4-6(2)11-8(10)5-7/h4-5H,3H2,1-2H3. The summed E-state index contributed by atoms with van der Waals surface area (Å²) in [4.78, 5) is 14.9. The van der Waals surface area contributed by atoms with Crippen LogP contribution in [0.2, 0.25) is 5.15 Å². The molecule has 0 saturated heterocycles. The van der Waals surface area contributed by atoms with Gasteiger partial charge in [0.2, 0.25) is 0 Å². The number of rotatable bonds is 2. The van der Waals surface area contributed by atoms with Crippen LogP contribution in [0.5, 0.6) is 5.75 Å². The summed E-state index contributed by atoms with van der Waals surface area (Å²) in [6, 6.07) is 3.18. The average molecular weight is 200 g/mol. The second-order valence-corrected chi connectivity index (χ2v) is 2.98. The first kappa shape index (κ1) is 9.99. The fourth-order valence-electron chi connectivity index (χ4n) is 0.860. The largest absolute Gasteiger partial charge is 0.426 e. The van der Waals surface area contributed by atoms with E-state index in [2.05, 4.69) is 4.98 Å². The van der Waals surface area contributed by atoms with Crippen molar-refractivity contribution in [3.8, 4) is 5.75 Å². The first-order valence-electron chi connectivity index (χ1n) is 3.96. The second-order valence-electron chi connectivity index (χ2n) is 2.59. The minimum Gasteiger partial charge on any atom is -0.426 e. The third kappa shape index (κ3) is 3.03. The monoisotopic (exact) mass is 199 g/mol.